The second-order valence-electron chi connectivity index (χ2n) is 3.20. The van der Waals surface area contributed by atoms with Gasteiger partial charge in [-0.05, 0) is 23.6 Å². The average molecular weight is 266 g/mol. The van der Waals surface area contributed by atoms with Crippen LogP contribution in [0.5, 0.6) is 0 Å². The molecule has 2 aromatic rings. The first kappa shape index (κ1) is 9.98. The Kier molecular flexibility index (Phi) is 2.36. The number of nitrogen functional groups attached to an aromatic ring is 1. The van der Waals surface area contributed by atoms with Crippen molar-refractivity contribution in [3.63, 3.8) is 0 Å². The van der Waals surface area contributed by atoms with Gasteiger partial charge in [-0.1, -0.05) is 28.1 Å². The number of carboxylic acid groups (broad SMARTS) is 1. The first-order valence-corrected chi connectivity index (χ1v) is 5.10. The lowest BCUT2D eigenvalue weighted by atomic mass is 10.0. The minimum absolute atomic E-state index is 0.143. The molecule has 2 aromatic carbocycles. The summed E-state index contributed by atoms with van der Waals surface area (Å²) in [6.07, 6.45) is 0. The molecule has 0 aliphatic rings. The van der Waals surface area contributed by atoms with E-state index in [0.717, 1.165) is 15.2 Å². The number of anilines is 1. The molecule has 0 aliphatic carbocycles. The van der Waals surface area contributed by atoms with Crippen LogP contribution in [0.1, 0.15) is 10.4 Å². The maximum Gasteiger partial charge on any atom is 0.337 e. The molecular weight excluding hydrogens is 258 g/mol. The van der Waals surface area contributed by atoms with E-state index in [1.165, 1.54) is 6.07 Å². The van der Waals surface area contributed by atoms with Crippen molar-refractivity contribution < 1.29 is 9.90 Å². The summed E-state index contributed by atoms with van der Waals surface area (Å²) in [6.45, 7) is 0. The zero-order valence-electron chi connectivity index (χ0n) is 7.70. The Hall–Kier alpha value is -1.55. The van der Waals surface area contributed by atoms with E-state index in [-0.39, 0.29) is 5.56 Å². The van der Waals surface area contributed by atoms with Crippen molar-refractivity contribution in [2.24, 2.45) is 0 Å². The van der Waals surface area contributed by atoms with Crippen molar-refractivity contribution in [1.29, 1.82) is 0 Å². The van der Waals surface area contributed by atoms with Crippen LogP contribution in [0.4, 0.5) is 5.69 Å². The molecule has 15 heavy (non-hydrogen) atoms. The van der Waals surface area contributed by atoms with E-state index in [4.69, 9.17) is 10.8 Å². The summed E-state index contributed by atoms with van der Waals surface area (Å²) in [4.78, 5) is 10.8. The summed E-state index contributed by atoms with van der Waals surface area (Å²) < 4.78 is 0.942. The molecule has 0 spiro atoms. The third kappa shape index (κ3) is 1.68. The lowest BCUT2D eigenvalue weighted by molar-refractivity contribution is 0.0698. The van der Waals surface area contributed by atoms with E-state index >= 15 is 0 Å². The summed E-state index contributed by atoms with van der Waals surface area (Å²) in [7, 11) is 0. The molecule has 0 fully saturated rings. The number of nitrogens with two attached hydrogens (primary N) is 1. The zero-order chi connectivity index (χ0) is 11.0. The van der Waals surface area contributed by atoms with Crippen molar-refractivity contribution in [3.05, 3.63) is 40.4 Å². The van der Waals surface area contributed by atoms with Gasteiger partial charge in [0, 0.05) is 9.86 Å². The Labute approximate surface area is 94.6 Å². The predicted molar refractivity (Wildman–Crippen MR) is 63.0 cm³/mol. The van der Waals surface area contributed by atoms with Crippen LogP contribution in [0.25, 0.3) is 10.8 Å². The number of aromatic carboxylic acids is 1. The average Bonchev–Trinajstić information content (AvgIpc) is 2.17. The maximum atomic E-state index is 10.8. The molecule has 0 saturated heterocycles. The van der Waals surface area contributed by atoms with E-state index < -0.39 is 5.97 Å². The van der Waals surface area contributed by atoms with Crippen molar-refractivity contribution >= 4 is 38.4 Å². The molecule has 0 heterocycles. The predicted octanol–water partition coefficient (Wildman–Crippen LogP) is 2.88. The second-order valence-corrected chi connectivity index (χ2v) is 4.11. The summed E-state index contributed by atoms with van der Waals surface area (Å²) in [6, 6.07) is 8.81. The highest BCUT2D eigenvalue weighted by atomic mass is 79.9. The Morgan fingerprint density at radius 2 is 2.00 bits per heavy atom. The van der Waals surface area contributed by atoms with Crippen LogP contribution in [0.2, 0.25) is 0 Å². The minimum atomic E-state index is -1.00. The molecular formula is C11H8BrNO2. The lowest BCUT2D eigenvalue weighted by Gasteiger charge is -2.05. The fourth-order valence-electron chi connectivity index (χ4n) is 1.51. The largest absolute Gasteiger partial charge is 0.478 e. The van der Waals surface area contributed by atoms with E-state index in [1.54, 1.807) is 12.1 Å². The van der Waals surface area contributed by atoms with Crippen LogP contribution >= 0.6 is 15.9 Å². The Morgan fingerprint density at radius 1 is 1.27 bits per heavy atom. The van der Waals surface area contributed by atoms with Gasteiger partial charge in [-0.15, -0.1) is 0 Å². The fourth-order valence-corrected chi connectivity index (χ4v) is 1.89. The zero-order valence-corrected chi connectivity index (χ0v) is 9.28. The number of benzene rings is 2. The molecule has 0 saturated carbocycles. The van der Waals surface area contributed by atoms with Crippen molar-refractivity contribution in [3.8, 4) is 0 Å². The van der Waals surface area contributed by atoms with Crippen LogP contribution in [-0.2, 0) is 0 Å². The number of fused-ring (bicyclic) bond motifs is 1. The first-order chi connectivity index (χ1) is 7.09. The van der Waals surface area contributed by atoms with Crippen molar-refractivity contribution in [2.45, 2.75) is 0 Å². The number of hydrogen-bond donors (Lipinski definition) is 2. The van der Waals surface area contributed by atoms with Crippen LogP contribution < -0.4 is 5.73 Å². The van der Waals surface area contributed by atoms with Gasteiger partial charge in [0.05, 0.1) is 11.3 Å². The van der Waals surface area contributed by atoms with Gasteiger partial charge in [0.1, 0.15) is 0 Å². The molecule has 0 amide bonds. The summed E-state index contributed by atoms with van der Waals surface area (Å²) in [5.41, 5.74) is 6.23. The number of carboxylic acids is 1. The van der Waals surface area contributed by atoms with Crippen LogP contribution in [0.15, 0.2) is 34.8 Å². The third-order valence-corrected chi connectivity index (χ3v) is 2.75. The normalized spacial score (nSPS) is 10.5. The van der Waals surface area contributed by atoms with E-state index in [2.05, 4.69) is 15.9 Å². The molecule has 0 unspecified atom stereocenters. The van der Waals surface area contributed by atoms with Crippen molar-refractivity contribution in [2.75, 3.05) is 5.73 Å². The molecule has 3 N–H and O–H groups in total. The second kappa shape index (κ2) is 3.55. The van der Waals surface area contributed by atoms with Gasteiger partial charge in [-0.25, -0.2) is 4.79 Å². The SMILES string of the molecule is Nc1c(C(=O)O)ccc2cc(Br)ccc12. The lowest BCUT2D eigenvalue weighted by Crippen LogP contribution is -2.02. The first-order valence-electron chi connectivity index (χ1n) is 4.30. The molecule has 0 radical (unpaired) electrons. The number of hydrogen-bond acceptors (Lipinski definition) is 2. The molecule has 0 aromatic heterocycles. The third-order valence-electron chi connectivity index (χ3n) is 2.25. The molecule has 0 bridgehead atoms. The number of rotatable bonds is 1. The van der Waals surface area contributed by atoms with Gasteiger partial charge in [-0.3, -0.25) is 0 Å². The fraction of sp³-hybridized carbons (Fsp3) is 0. The molecule has 76 valence electrons. The minimum Gasteiger partial charge on any atom is -0.478 e. The van der Waals surface area contributed by atoms with E-state index in [9.17, 15) is 4.79 Å². The van der Waals surface area contributed by atoms with Crippen LogP contribution in [0, 0.1) is 0 Å². The van der Waals surface area contributed by atoms with Gasteiger partial charge in [0.2, 0.25) is 0 Å². The van der Waals surface area contributed by atoms with E-state index in [0.29, 0.717) is 5.69 Å². The highest BCUT2D eigenvalue weighted by molar-refractivity contribution is 9.10. The highest BCUT2D eigenvalue weighted by Crippen LogP contribution is 2.27. The number of carbonyl (C=O) groups is 1. The Bertz CT molecular complexity index is 552. The highest BCUT2D eigenvalue weighted by Gasteiger charge is 2.10. The molecule has 2 rings (SSSR count). The molecule has 3 nitrogen and oxygen atoms in total. The summed E-state index contributed by atoms with van der Waals surface area (Å²) in [5, 5.41) is 10.6. The van der Waals surface area contributed by atoms with Gasteiger partial charge in [0.15, 0.2) is 0 Å². The molecule has 0 aliphatic heterocycles. The van der Waals surface area contributed by atoms with Crippen LogP contribution in [0.3, 0.4) is 0 Å². The summed E-state index contributed by atoms with van der Waals surface area (Å²) in [5.74, 6) is -1.00. The Morgan fingerprint density at radius 3 is 2.67 bits per heavy atom. The summed E-state index contributed by atoms with van der Waals surface area (Å²) >= 11 is 3.35. The van der Waals surface area contributed by atoms with Crippen LogP contribution in [-0.4, -0.2) is 11.1 Å². The van der Waals surface area contributed by atoms with Crippen molar-refractivity contribution in [1.82, 2.24) is 0 Å². The van der Waals surface area contributed by atoms with Gasteiger partial charge in [0.25, 0.3) is 0 Å². The maximum absolute atomic E-state index is 10.8. The monoisotopic (exact) mass is 265 g/mol. The molecule has 0 atom stereocenters. The quantitative estimate of drug-likeness (QED) is 0.780. The smallest absolute Gasteiger partial charge is 0.337 e. The van der Waals surface area contributed by atoms with Gasteiger partial charge < -0.3 is 10.8 Å². The topological polar surface area (TPSA) is 63.3 Å². The Balaban J connectivity index is 2.80. The van der Waals surface area contributed by atoms with Gasteiger partial charge >= 0.3 is 5.97 Å². The number of halogens is 1. The molecule has 4 heteroatoms. The van der Waals surface area contributed by atoms with E-state index in [1.807, 2.05) is 12.1 Å². The standard InChI is InChI=1S/C11H8BrNO2/c12-7-2-4-8-6(5-7)1-3-9(10(8)13)11(14)15/h1-5H,13H2,(H,14,15). The van der Waals surface area contributed by atoms with Gasteiger partial charge in [-0.2, -0.15) is 0 Å².